The summed E-state index contributed by atoms with van der Waals surface area (Å²) >= 11 is 0. The van der Waals surface area contributed by atoms with Crippen LogP contribution in [0.5, 0.6) is 11.5 Å². The number of carbonyl (C=O) groups excluding carboxylic acids is 2. The minimum Gasteiger partial charge on any atom is -0.497 e. The van der Waals surface area contributed by atoms with Crippen LogP contribution in [0.3, 0.4) is 0 Å². The lowest BCUT2D eigenvalue weighted by Gasteiger charge is -2.17. The van der Waals surface area contributed by atoms with E-state index in [4.69, 9.17) is 9.47 Å². The van der Waals surface area contributed by atoms with Crippen LogP contribution in [-0.2, 0) is 0 Å². The Morgan fingerprint density at radius 2 is 1.90 bits per heavy atom. The van der Waals surface area contributed by atoms with Crippen LogP contribution in [0.15, 0.2) is 48.7 Å². The molecule has 3 aromatic rings. The Hall–Kier alpha value is -3.61. The van der Waals surface area contributed by atoms with Gasteiger partial charge in [0.2, 0.25) is 0 Å². The third-order valence-corrected chi connectivity index (χ3v) is 4.69. The molecule has 0 bridgehead atoms. The van der Waals surface area contributed by atoms with Gasteiger partial charge in [0.15, 0.2) is 5.78 Å². The van der Waals surface area contributed by atoms with Gasteiger partial charge in [-0.3, -0.25) is 14.7 Å². The molecule has 3 rings (SSSR count). The third-order valence-electron chi connectivity index (χ3n) is 4.69. The predicted molar refractivity (Wildman–Crippen MR) is 109 cm³/mol. The van der Waals surface area contributed by atoms with Crippen LogP contribution in [0.25, 0.3) is 11.1 Å². The van der Waals surface area contributed by atoms with Crippen LogP contribution in [-0.4, -0.2) is 36.1 Å². The number of benzene rings is 2. The molecule has 0 saturated carbocycles. The molecule has 150 valence electrons. The topological polar surface area (TPSA) is 93.3 Å². The van der Waals surface area contributed by atoms with E-state index in [0.29, 0.717) is 22.6 Å². The van der Waals surface area contributed by atoms with Crippen molar-refractivity contribution in [3.05, 3.63) is 65.5 Å². The summed E-state index contributed by atoms with van der Waals surface area (Å²) in [5.74, 6) is 0.758. The quantitative estimate of drug-likeness (QED) is 0.596. The van der Waals surface area contributed by atoms with E-state index in [1.807, 2.05) is 31.2 Å². The number of ether oxygens (including phenoxy) is 2. The summed E-state index contributed by atoms with van der Waals surface area (Å²) in [4.78, 5) is 24.6. The van der Waals surface area contributed by atoms with Gasteiger partial charge in [-0.05, 0) is 42.3 Å². The zero-order valence-corrected chi connectivity index (χ0v) is 16.8. The standard InChI is InChI=1S/C22H23N3O4/c1-13(15-6-5-7-17(10-15)28-3)24-22(27)18-9-8-16(11-20(18)29-4)19-12-23-25-21(19)14(2)26/h5-13H,1-4H3,(H,23,25)(H,24,27). The van der Waals surface area contributed by atoms with Crippen molar-refractivity contribution in [3.8, 4) is 22.6 Å². The average molecular weight is 393 g/mol. The lowest BCUT2D eigenvalue weighted by molar-refractivity contribution is 0.0935. The van der Waals surface area contributed by atoms with Crippen molar-refractivity contribution in [1.82, 2.24) is 15.5 Å². The molecule has 0 saturated heterocycles. The van der Waals surface area contributed by atoms with Gasteiger partial charge in [-0.25, -0.2) is 0 Å². The molecular weight excluding hydrogens is 370 g/mol. The summed E-state index contributed by atoms with van der Waals surface area (Å²) < 4.78 is 10.7. The SMILES string of the molecule is COc1cccc(C(C)NC(=O)c2ccc(-c3cn[nH]c3C(C)=O)cc2OC)c1. The van der Waals surface area contributed by atoms with E-state index >= 15 is 0 Å². The molecule has 1 heterocycles. The summed E-state index contributed by atoms with van der Waals surface area (Å²) in [5.41, 5.74) is 3.14. The Morgan fingerprint density at radius 3 is 2.59 bits per heavy atom. The number of H-pyrrole nitrogens is 1. The monoisotopic (exact) mass is 393 g/mol. The number of aromatic nitrogens is 2. The van der Waals surface area contributed by atoms with Crippen LogP contribution >= 0.6 is 0 Å². The number of nitrogens with one attached hydrogen (secondary N) is 2. The van der Waals surface area contributed by atoms with Crippen LogP contribution in [0, 0.1) is 0 Å². The highest BCUT2D eigenvalue weighted by molar-refractivity contribution is 6.00. The maximum atomic E-state index is 12.8. The Kier molecular flexibility index (Phi) is 5.97. The summed E-state index contributed by atoms with van der Waals surface area (Å²) in [6.07, 6.45) is 1.58. The lowest BCUT2D eigenvalue weighted by atomic mass is 10.0. The largest absolute Gasteiger partial charge is 0.497 e. The number of amides is 1. The molecule has 0 aliphatic carbocycles. The van der Waals surface area contributed by atoms with E-state index in [1.54, 1.807) is 31.5 Å². The van der Waals surface area contributed by atoms with Crippen molar-refractivity contribution in [2.45, 2.75) is 19.9 Å². The fourth-order valence-corrected chi connectivity index (χ4v) is 3.09. The third kappa shape index (κ3) is 4.29. The number of carbonyl (C=O) groups is 2. The van der Waals surface area contributed by atoms with Gasteiger partial charge in [-0.2, -0.15) is 5.10 Å². The number of ketones is 1. The first-order valence-electron chi connectivity index (χ1n) is 9.12. The maximum absolute atomic E-state index is 12.8. The van der Waals surface area contributed by atoms with Gasteiger partial charge in [0, 0.05) is 12.5 Å². The number of hydrogen-bond donors (Lipinski definition) is 2. The van der Waals surface area contributed by atoms with Gasteiger partial charge in [0.25, 0.3) is 5.91 Å². The zero-order valence-electron chi connectivity index (χ0n) is 16.8. The Balaban J connectivity index is 1.85. The Morgan fingerprint density at radius 1 is 1.10 bits per heavy atom. The van der Waals surface area contributed by atoms with Gasteiger partial charge >= 0.3 is 0 Å². The molecule has 1 unspecified atom stereocenters. The van der Waals surface area contributed by atoms with Gasteiger partial charge in [0.1, 0.15) is 17.2 Å². The van der Waals surface area contributed by atoms with Crippen LogP contribution in [0.2, 0.25) is 0 Å². The van der Waals surface area contributed by atoms with Gasteiger partial charge in [-0.15, -0.1) is 0 Å². The number of hydrogen-bond acceptors (Lipinski definition) is 5. The molecule has 1 amide bonds. The molecule has 0 aliphatic rings. The highest BCUT2D eigenvalue weighted by Crippen LogP contribution is 2.29. The number of rotatable bonds is 7. The van der Waals surface area contributed by atoms with E-state index < -0.39 is 0 Å². The summed E-state index contributed by atoms with van der Waals surface area (Å²) in [5, 5.41) is 9.62. The first kappa shape index (κ1) is 20.1. The normalized spacial score (nSPS) is 11.6. The minimum absolute atomic E-state index is 0.120. The summed E-state index contributed by atoms with van der Waals surface area (Å²) in [6.45, 7) is 3.37. The van der Waals surface area contributed by atoms with Crippen molar-refractivity contribution >= 4 is 11.7 Å². The highest BCUT2D eigenvalue weighted by atomic mass is 16.5. The van der Waals surface area contributed by atoms with Crippen molar-refractivity contribution < 1.29 is 19.1 Å². The molecule has 0 fully saturated rings. The van der Waals surface area contributed by atoms with E-state index in [-0.39, 0.29) is 17.7 Å². The molecule has 0 spiro atoms. The molecule has 1 aromatic heterocycles. The zero-order chi connectivity index (χ0) is 21.0. The Labute approximate surface area is 169 Å². The molecule has 0 radical (unpaired) electrons. The first-order valence-corrected chi connectivity index (χ1v) is 9.12. The van der Waals surface area contributed by atoms with Gasteiger partial charge in [-0.1, -0.05) is 18.2 Å². The second-order valence-electron chi connectivity index (χ2n) is 6.60. The van der Waals surface area contributed by atoms with Crippen LogP contribution in [0.1, 0.15) is 46.3 Å². The van der Waals surface area contributed by atoms with Crippen molar-refractivity contribution in [2.75, 3.05) is 14.2 Å². The molecule has 0 aliphatic heterocycles. The van der Waals surface area contributed by atoms with Crippen molar-refractivity contribution in [1.29, 1.82) is 0 Å². The summed E-state index contributed by atoms with van der Waals surface area (Å²) in [6, 6.07) is 12.5. The smallest absolute Gasteiger partial charge is 0.255 e. The molecule has 2 aromatic carbocycles. The predicted octanol–water partition coefficient (Wildman–Crippen LogP) is 3.79. The van der Waals surface area contributed by atoms with E-state index in [2.05, 4.69) is 15.5 Å². The fourth-order valence-electron chi connectivity index (χ4n) is 3.09. The highest BCUT2D eigenvalue weighted by Gasteiger charge is 2.19. The lowest BCUT2D eigenvalue weighted by Crippen LogP contribution is -2.27. The van der Waals surface area contributed by atoms with Crippen molar-refractivity contribution in [2.24, 2.45) is 0 Å². The molecule has 7 heteroatoms. The molecule has 2 N–H and O–H groups in total. The average Bonchev–Trinajstić information content (AvgIpc) is 3.23. The second-order valence-corrected chi connectivity index (χ2v) is 6.60. The van der Waals surface area contributed by atoms with Crippen molar-refractivity contribution in [3.63, 3.8) is 0 Å². The van der Waals surface area contributed by atoms with Crippen LogP contribution < -0.4 is 14.8 Å². The molecular formula is C22H23N3O4. The fraction of sp³-hybridized carbons (Fsp3) is 0.227. The second kappa shape index (κ2) is 8.60. The maximum Gasteiger partial charge on any atom is 0.255 e. The first-order chi connectivity index (χ1) is 13.9. The number of nitrogens with zero attached hydrogens (tertiary/aromatic N) is 1. The molecule has 29 heavy (non-hydrogen) atoms. The van der Waals surface area contributed by atoms with E-state index in [9.17, 15) is 9.59 Å². The number of aromatic amines is 1. The van der Waals surface area contributed by atoms with Crippen LogP contribution in [0.4, 0.5) is 0 Å². The summed E-state index contributed by atoms with van der Waals surface area (Å²) in [7, 11) is 3.11. The minimum atomic E-state index is -0.261. The van der Waals surface area contributed by atoms with Gasteiger partial charge < -0.3 is 14.8 Å². The van der Waals surface area contributed by atoms with E-state index in [0.717, 1.165) is 16.9 Å². The molecule has 1 atom stereocenters. The van der Waals surface area contributed by atoms with Gasteiger partial charge in [0.05, 0.1) is 32.0 Å². The molecule has 7 nitrogen and oxygen atoms in total. The Bertz CT molecular complexity index is 1040. The van der Waals surface area contributed by atoms with E-state index in [1.165, 1.54) is 14.0 Å². The number of Topliss-reactive ketones (excluding diaryl/α,β-unsaturated/α-hetero) is 1. The number of methoxy groups -OCH3 is 2.